The van der Waals surface area contributed by atoms with E-state index in [1.54, 1.807) is 22.6 Å². The molecule has 0 atom stereocenters. The van der Waals surface area contributed by atoms with Crippen molar-refractivity contribution in [1.82, 2.24) is 0 Å². The highest BCUT2D eigenvalue weighted by Gasteiger charge is 2.19. The van der Waals surface area contributed by atoms with Gasteiger partial charge in [0, 0.05) is 9.64 Å². The van der Waals surface area contributed by atoms with Crippen molar-refractivity contribution in [3.8, 4) is 0 Å². The highest BCUT2D eigenvalue weighted by molar-refractivity contribution is 14.1. The van der Waals surface area contributed by atoms with Crippen molar-refractivity contribution >= 4 is 45.8 Å². The van der Waals surface area contributed by atoms with Crippen molar-refractivity contribution in [2.24, 2.45) is 0 Å². The van der Waals surface area contributed by atoms with Crippen LogP contribution in [0, 0.1) is 13.7 Å². The Hall–Kier alpha value is -0.890. The van der Waals surface area contributed by atoms with Crippen LogP contribution < -0.4 is 0 Å². The van der Waals surface area contributed by atoms with Gasteiger partial charge in [-0.3, -0.25) is 10.1 Å². The topological polar surface area (TPSA) is 80.4 Å². The Labute approximate surface area is 97.0 Å². The third-order valence-corrected chi connectivity index (χ3v) is 3.02. The van der Waals surface area contributed by atoms with E-state index >= 15 is 0 Å². The van der Waals surface area contributed by atoms with Crippen LogP contribution in [-0.4, -0.2) is 16.0 Å². The summed E-state index contributed by atoms with van der Waals surface area (Å²) in [5.74, 6) is -1.22. The van der Waals surface area contributed by atoms with Gasteiger partial charge < -0.3 is 5.11 Å². The third-order valence-electron chi connectivity index (χ3n) is 1.45. The van der Waals surface area contributed by atoms with Gasteiger partial charge in [0.2, 0.25) is 0 Å². The van der Waals surface area contributed by atoms with Gasteiger partial charge in [0.15, 0.2) is 0 Å². The molecular weight excluding hydrogens is 324 g/mol. The summed E-state index contributed by atoms with van der Waals surface area (Å²) in [6, 6.07) is 2.21. The molecule has 5 nitrogen and oxygen atoms in total. The lowest BCUT2D eigenvalue weighted by molar-refractivity contribution is -0.384. The van der Waals surface area contributed by atoms with Crippen molar-refractivity contribution in [2.45, 2.75) is 0 Å². The van der Waals surface area contributed by atoms with E-state index in [0.29, 0.717) is 3.57 Å². The Morgan fingerprint density at radius 2 is 2.14 bits per heavy atom. The summed E-state index contributed by atoms with van der Waals surface area (Å²) >= 11 is 7.37. The van der Waals surface area contributed by atoms with Crippen LogP contribution in [0.25, 0.3) is 0 Å². The zero-order valence-electron chi connectivity index (χ0n) is 6.53. The van der Waals surface area contributed by atoms with Gasteiger partial charge >= 0.3 is 5.97 Å². The van der Waals surface area contributed by atoms with Crippen LogP contribution in [0.4, 0.5) is 5.69 Å². The van der Waals surface area contributed by atoms with Crippen LogP contribution in [-0.2, 0) is 0 Å². The maximum Gasteiger partial charge on any atom is 0.335 e. The van der Waals surface area contributed by atoms with Gasteiger partial charge in [-0.1, -0.05) is 11.6 Å². The van der Waals surface area contributed by atoms with Crippen molar-refractivity contribution in [2.75, 3.05) is 0 Å². The molecule has 0 aliphatic rings. The van der Waals surface area contributed by atoms with Gasteiger partial charge in [-0.2, -0.15) is 0 Å². The SMILES string of the molecule is O=C(O)c1cc(I)c(Cl)c([N+](=O)[O-])c1. The number of hydrogen-bond acceptors (Lipinski definition) is 3. The van der Waals surface area contributed by atoms with E-state index in [4.69, 9.17) is 16.7 Å². The van der Waals surface area contributed by atoms with E-state index in [9.17, 15) is 14.9 Å². The first kappa shape index (κ1) is 11.2. The zero-order valence-corrected chi connectivity index (χ0v) is 9.44. The Bertz CT molecular complexity index is 420. The number of hydrogen-bond donors (Lipinski definition) is 1. The van der Waals surface area contributed by atoms with Crippen LogP contribution >= 0.6 is 34.2 Å². The van der Waals surface area contributed by atoms with Gasteiger partial charge in [0.05, 0.1) is 10.5 Å². The number of nitro benzene ring substituents is 1. The van der Waals surface area contributed by atoms with E-state index in [-0.39, 0.29) is 10.6 Å². The summed E-state index contributed by atoms with van der Waals surface area (Å²) in [4.78, 5) is 20.3. The third kappa shape index (κ3) is 2.13. The van der Waals surface area contributed by atoms with Crippen molar-refractivity contribution in [3.63, 3.8) is 0 Å². The highest BCUT2D eigenvalue weighted by atomic mass is 127. The molecule has 1 rings (SSSR count). The molecule has 0 unspecified atom stereocenters. The standard InChI is InChI=1S/C7H3ClINO4/c8-6-4(9)1-3(7(11)12)2-5(6)10(13)14/h1-2H,(H,11,12). The minimum atomic E-state index is -1.22. The largest absolute Gasteiger partial charge is 0.478 e. The van der Waals surface area contributed by atoms with Gasteiger partial charge in [-0.15, -0.1) is 0 Å². The van der Waals surface area contributed by atoms with E-state index < -0.39 is 16.6 Å². The molecule has 0 aromatic heterocycles. The first-order valence-electron chi connectivity index (χ1n) is 3.30. The van der Waals surface area contributed by atoms with Crippen LogP contribution in [0.3, 0.4) is 0 Å². The molecule has 7 heteroatoms. The molecule has 0 saturated carbocycles. The number of carboxylic acids is 1. The molecule has 1 N–H and O–H groups in total. The highest BCUT2D eigenvalue weighted by Crippen LogP contribution is 2.30. The lowest BCUT2D eigenvalue weighted by atomic mass is 10.2. The van der Waals surface area contributed by atoms with E-state index in [0.717, 1.165) is 6.07 Å². The zero-order chi connectivity index (χ0) is 10.9. The number of nitrogens with zero attached hydrogens (tertiary/aromatic N) is 1. The lowest BCUT2D eigenvalue weighted by Crippen LogP contribution is -2.00. The summed E-state index contributed by atoms with van der Waals surface area (Å²) in [5.41, 5.74) is -0.540. The first-order valence-corrected chi connectivity index (χ1v) is 4.76. The van der Waals surface area contributed by atoms with Crippen molar-refractivity contribution in [1.29, 1.82) is 0 Å². The Morgan fingerprint density at radius 3 is 2.57 bits per heavy atom. The van der Waals surface area contributed by atoms with Crippen LogP contribution in [0.2, 0.25) is 5.02 Å². The molecule has 0 heterocycles. The maximum atomic E-state index is 10.6. The normalized spacial score (nSPS) is 9.86. The quantitative estimate of drug-likeness (QED) is 0.514. The fourth-order valence-corrected chi connectivity index (χ4v) is 1.62. The minimum absolute atomic E-state index is 0.0411. The second-order valence-corrected chi connectivity index (χ2v) is 3.89. The number of halogens is 2. The predicted octanol–water partition coefficient (Wildman–Crippen LogP) is 2.55. The van der Waals surface area contributed by atoms with Crippen molar-refractivity contribution in [3.05, 3.63) is 36.4 Å². The molecule has 14 heavy (non-hydrogen) atoms. The predicted molar refractivity (Wildman–Crippen MR) is 57.8 cm³/mol. The summed E-state index contributed by atoms with van der Waals surface area (Å²) in [7, 11) is 0. The molecular formula is C7H3ClINO4. The van der Waals surface area contributed by atoms with Crippen LogP contribution in [0.1, 0.15) is 10.4 Å². The van der Waals surface area contributed by atoms with Gasteiger partial charge in [-0.25, -0.2) is 4.79 Å². The van der Waals surface area contributed by atoms with Gasteiger partial charge in [-0.05, 0) is 28.7 Å². The summed E-state index contributed by atoms with van der Waals surface area (Å²) in [6.45, 7) is 0. The monoisotopic (exact) mass is 327 g/mol. The number of benzene rings is 1. The van der Waals surface area contributed by atoms with Gasteiger partial charge in [0.1, 0.15) is 5.02 Å². The Balaban J connectivity index is 3.43. The smallest absolute Gasteiger partial charge is 0.335 e. The Kier molecular flexibility index (Phi) is 3.27. The molecule has 0 radical (unpaired) electrons. The molecule has 0 aliphatic heterocycles. The summed E-state index contributed by atoms with van der Waals surface area (Å²) < 4.78 is 0.343. The second-order valence-electron chi connectivity index (χ2n) is 2.35. The molecule has 1 aromatic rings. The second kappa shape index (κ2) is 4.09. The number of carboxylic acid groups (broad SMARTS) is 1. The molecule has 0 spiro atoms. The number of carbonyl (C=O) groups is 1. The molecule has 0 saturated heterocycles. The Morgan fingerprint density at radius 1 is 1.57 bits per heavy atom. The fraction of sp³-hybridized carbons (Fsp3) is 0. The fourth-order valence-electron chi connectivity index (χ4n) is 0.831. The minimum Gasteiger partial charge on any atom is -0.478 e. The van der Waals surface area contributed by atoms with E-state index in [1.807, 2.05) is 0 Å². The van der Waals surface area contributed by atoms with Gasteiger partial charge in [0.25, 0.3) is 5.69 Å². The summed E-state index contributed by atoms with van der Waals surface area (Å²) in [6.07, 6.45) is 0. The van der Waals surface area contributed by atoms with Crippen molar-refractivity contribution < 1.29 is 14.8 Å². The molecule has 0 bridgehead atoms. The first-order chi connectivity index (χ1) is 6.43. The molecule has 1 aromatic carbocycles. The number of aromatic carboxylic acids is 1. The lowest BCUT2D eigenvalue weighted by Gasteiger charge is -2.00. The molecule has 74 valence electrons. The number of nitro groups is 1. The molecule has 0 amide bonds. The maximum absolute atomic E-state index is 10.6. The van der Waals surface area contributed by atoms with E-state index in [1.165, 1.54) is 6.07 Å². The average Bonchev–Trinajstić information content (AvgIpc) is 2.08. The summed E-state index contributed by atoms with van der Waals surface area (Å²) in [5, 5.41) is 19.1. The van der Waals surface area contributed by atoms with Crippen LogP contribution in [0.15, 0.2) is 12.1 Å². The molecule has 0 fully saturated rings. The number of rotatable bonds is 2. The van der Waals surface area contributed by atoms with Crippen LogP contribution in [0.5, 0.6) is 0 Å². The molecule has 0 aliphatic carbocycles. The average molecular weight is 327 g/mol. The van der Waals surface area contributed by atoms with E-state index in [2.05, 4.69) is 0 Å².